The molecule has 3 rings (SSSR count). The van der Waals surface area contributed by atoms with E-state index in [-0.39, 0.29) is 22.8 Å². The molecule has 1 aliphatic heterocycles. The van der Waals surface area contributed by atoms with Crippen LogP contribution in [0.5, 0.6) is 0 Å². The van der Waals surface area contributed by atoms with Crippen LogP contribution >= 0.6 is 0 Å². The molecule has 1 heterocycles. The number of allylic oxidation sites excluding steroid dienone is 2. The van der Waals surface area contributed by atoms with Crippen molar-refractivity contribution in [3.63, 3.8) is 0 Å². The van der Waals surface area contributed by atoms with Gasteiger partial charge in [-0.15, -0.1) is 0 Å². The minimum atomic E-state index is -1.31. The zero-order valence-electron chi connectivity index (χ0n) is 9.68. The molecule has 0 aromatic heterocycles. The normalized spacial score (nSPS) is 26.1. The predicted molar refractivity (Wildman–Crippen MR) is 64.7 cm³/mol. The highest BCUT2D eigenvalue weighted by Crippen LogP contribution is 2.35. The fraction of sp³-hybridized carbons (Fsp3) is 0.214. The van der Waals surface area contributed by atoms with Crippen LogP contribution in [0.1, 0.15) is 27.6 Å². The van der Waals surface area contributed by atoms with Crippen LogP contribution in [0.3, 0.4) is 0 Å². The molecule has 0 spiro atoms. The molecule has 0 amide bonds. The highest BCUT2D eigenvalue weighted by molar-refractivity contribution is 6.27. The summed E-state index contributed by atoms with van der Waals surface area (Å²) < 4.78 is 13.6. The van der Waals surface area contributed by atoms with Crippen molar-refractivity contribution in [3.8, 4) is 0 Å². The van der Waals surface area contributed by atoms with Gasteiger partial charge in [-0.2, -0.15) is 0 Å². The summed E-state index contributed by atoms with van der Waals surface area (Å²) >= 11 is 0. The number of aliphatic imine (C=N–C) groups is 1. The molecule has 0 saturated carbocycles. The average molecular weight is 243 g/mol. The van der Waals surface area contributed by atoms with E-state index in [9.17, 15) is 14.0 Å². The molecule has 2 atom stereocenters. The van der Waals surface area contributed by atoms with E-state index in [0.717, 1.165) is 6.21 Å². The monoisotopic (exact) mass is 243 g/mol. The molecule has 0 fully saturated rings. The molecule has 1 aromatic rings. The van der Waals surface area contributed by atoms with Gasteiger partial charge in [-0.05, 0) is 0 Å². The lowest BCUT2D eigenvalue weighted by Gasteiger charge is -2.26. The Hall–Kier alpha value is -2.10. The summed E-state index contributed by atoms with van der Waals surface area (Å²) in [5, 5.41) is 0. The molecule has 1 aliphatic carbocycles. The number of carbonyl (C=O) groups excluding carboxylic acids is 2. The molecule has 4 heteroatoms. The van der Waals surface area contributed by atoms with Gasteiger partial charge in [0, 0.05) is 28.8 Å². The lowest BCUT2D eigenvalue weighted by molar-refractivity contribution is 0.0958. The number of hydrogen-bond acceptors (Lipinski definition) is 3. The highest BCUT2D eigenvalue weighted by atomic mass is 19.1. The first-order valence-corrected chi connectivity index (χ1v) is 5.72. The number of Topliss-reactive ketones (excluding diaryl/α,β-unsaturated/α-hetero) is 2. The minimum Gasteiger partial charge on any atom is -0.289 e. The number of fused-ring (bicyclic) bond motifs is 1. The van der Waals surface area contributed by atoms with Crippen molar-refractivity contribution in [2.45, 2.75) is 13.1 Å². The first kappa shape index (κ1) is 11.0. The van der Waals surface area contributed by atoms with Gasteiger partial charge in [-0.25, -0.2) is 4.39 Å². The topological polar surface area (TPSA) is 46.5 Å². The van der Waals surface area contributed by atoms with E-state index in [1.54, 1.807) is 31.2 Å². The molecule has 2 unspecified atom stereocenters. The van der Waals surface area contributed by atoms with Crippen LogP contribution in [0.2, 0.25) is 0 Å². The molecular formula is C14H10FNO2. The Morgan fingerprint density at radius 2 is 1.72 bits per heavy atom. The minimum absolute atomic E-state index is 0.0973. The summed E-state index contributed by atoms with van der Waals surface area (Å²) in [5.74, 6) is -1.20. The van der Waals surface area contributed by atoms with Gasteiger partial charge in [0.05, 0.1) is 0 Å². The number of rotatable bonds is 0. The second kappa shape index (κ2) is 3.70. The number of benzene rings is 1. The van der Waals surface area contributed by atoms with Crippen LogP contribution < -0.4 is 0 Å². The molecular weight excluding hydrogens is 233 g/mol. The molecule has 0 bridgehead atoms. The van der Waals surface area contributed by atoms with Crippen molar-refractivity contribution in [1.82, 2.24) is 0 Å². The van der Waals surface area contributed by atoms with Crippen LogP contribution in [0, 0.1) is 5.92 Å². The van der Waals surface area contributed by atoms with Gasteiger partial charge < -0.3 is 0 Å². The number of halogens is 1. The fourth-order valence-corrected chi connectivity index (χ4v) is 2.37. The molecule has 3 nitrogen and oxygen atoms in total. The number of carbonyl (C=O) groups is 2. The van der Waals surface area contributed by atoms with Crippen LogP contribution in [0.25, 0.3) is 0 Å². The maximum Gasteiger partial charge on any atom is 0.212 e. The standard InChI is InChI=1S/C14H10FNO2/c1-7-10(15)6-16-12-11(7)13(17)8-4-2-3-5-9(8)14(12)18/h2-7,10H,1H3. The van der Waals surface area contributed by atoms with Crippen molar-refractivity contribution in [2.75, 3.05) is 0 Å². The summed E-state index contributed by atoms with van der Waals surface area (Å²) in [4.78, 5) is 28.3. The third-order valence-corrected chi connectivity index (χ3v) is 3.41. The van der Waals surface area contributed by atoms with E-state index in [1.807, 2.05) is 0 Å². The number of ketones is 2. The predicted octanol–water partition coefficient (Wildman–Crippen LogP) is 2.38. The van der Waals surface area contributed by atoms with Gasteiger partial charge in [0.25, 0.3) is 0 Å². The van der Waals surface area contributed by atoms with E-state index in [0.29, 0.717) is 11.1 Å². The van der Waals surface area contributed by atoms with Crippen molar-refractivity contribution < 1.29 is 14.0 Å². The van der Waals surface area contributed by atoms with E-state index < -0.39 is 12.1 Å². The van der Waals surface area contributed by atoms with Gasteiger partial charge in [-0.3, -0.25) is 14.6 Å². The molecule has 2 aliphatic rings. The molecule has 0 saturated heterocycles. The van der Waals surface area contributed by atoms with Gasteiger partial charge in [0.2, 0.25) is 5.78 Å². The zero-order valence-corrected chi connectivity index (χ0v) is 9.68. The molecule has 90 valence electrons. The molecule has 0 N–H and O–H groups in total. The van der Waals surface area contributed by atoms with Crippen LogP contribution in [-0.4, -0.2) is 24.0 Å². The summed E-state index contributed by atoms with van der Waals surface area (Å²) in [6.07, 6.45) is -0.214. The van der Waals surface area contributed by atoms with E-state index in [1.165, 1.54) is 0 Å². The van der Waals surface area contributed by atoms with Crippen LogP contribution in [0.15, 0.2) is 40.5 Å². The molecule has 0 radical (unpaired) electrons. The van der Waals surface area contributed by atoms with Gasteiger partial charge in [0.15, 0.2) is 5.78 Å². The third kappa shape index (κ3) is 1.32. The SMILES string of the molecule is CC1C2=C(N=CC1F)C(=O)c1ccccc1C2=O. The Balaban J connectivity index is 2.24. The second-order valence-electron chi connectivity index (χ2n) is 4.48. The summed E-state index contributed by atoms with van der Waals surface area (Å²) in [7, 11) is 0. The van der Waals surface area contributed by atoms with Crippen LogP contribution in [0.4, 0.5) is 4.39 Å². The van der Waals surface area contributed by atoms with Crippen molar-refractivity contribution in [2.24, 2.45) is 10.9 Å². The average Bonchev–Trinajstić information content (AvgIpc) is 2.39. The molecule has 18 heavy (non-hydrogen) atoms. The number of nitrogens with zero attached hydrogens (tertiary/aromatic N) is 1. The van der Waals surface area contributed by atoms with E-state index >= 15 is 0 Å². The fourth-order valence-electron chi connectivity index (χ4n) is 2.37. The Kier molecular flexibility index (Phi) is 2.26. The number of hydrogen-bond donors (Lipinski definition) is 0. The lowest BCUT2D eigenvalue weighted by Crippen LogP contribution is -2.32. The van der Waals surface area contributed by atoms with Crippen molar-refractivity contribution >= 4 is 17.8 Å². The van der Waals surface area contributed by atoms with Crippen LogP contribution in [-0.2, 0) is 0 Å². The smallest absolute Gasteiger partial charge is 0.212 e. The number of alkyl halides is 1. The first-order valence-electron chi connectivity index (χ1n) is 5.72. The first-order chi connectivity index (χ1) is 8.61. The van der Waals surface area contributed by atoms with Gasteiger partial charge in [-0.1, -0.05) is 31.2 Å². The Bertz CT molecular complexity index is 630. The summed E-state index contributed by atoms with van der Waals surface area (Å²) in [6, 6.07) is 6.58. The Labute approximate surface area is 103 Å². The van der Waals surface area contributed by atoms with E-state index in [2.05, 4.69) is 4.99 Å². The van der Waals surface area contributed by atoms with Crippen molar-refractivity contribution in [1.29, 1.82) is 0 Å². The maximum atomic E-state index is 13.6. The second-order valence-corrected chi connectivity index (χ2v) is 4.48. The lowest BCUT2D eigenvalue weighted by atomic mass is 9.79. The summed E-state index contributed by atoms with van der Waals surface area (Å²) in [5.41, 5.74) is 0.995. The van der Waals surface area contributed by atoms with E-state index in [4.69, 9.17) is 0 Å². The largest absolute Gasteiger partial charge is 0.289 e. The highest BCUT2D eigenvalue weighted by Gasteiger charge is 2.38. The van der Waals surface area contributed by atoms with Gasteiger partial charge in [0.1, 0.15) is 11.9 Å². The maximum absolute atomic E-state index is 13.6. The molecule has 1 aromatic carbocycles. The third-order valence-electron chi connectivity index (χ3n) is 3.41. The summed E-state index contributed by atoms with van der Waals surface area (Å²) in [6.45, 7) is 1.60. The van der Waals surface area contributed by atoms with Crippen molar-refractivity contribution in [3.05, 3.63) is 46.7 Å². The quantitative estimate of drug-likeness (QED) is 0.702. The van der Waals surface area contributed by atoms with Gasteiger partial charge >= 0.3 is 0 Å². The Morgan fingerprint density at radius 1 is 1.11 bits per heavy atom. The zero-order chi connectivity index (χ0) is 12.9. The Morgan fingerprint density at radius 3 is 2.39 bits per heavy atom.